The first-order chi connectivity index (χ1) is 14.4. The van der Waals surface area contributed by atoms with Crippen LogP contribution in [0.2, 0.25) is 0 Å². The third-order valence-corrected chi connectivity index (χ3v) is 4.69. The highest BCUT2D eigenvalue weighted by Crippen LogP contribution is 2.24. The largest absolute Gasteiger partial charge is 0.433 e. The highest BCUT2D eigenvalue weighted by molar-refractivity contribution is 6.30. The number of furan rings is 1. The molecule has 9 nitrogen and oxygen atoms in total. The van der Waals surface area contributed by atoms with E-state index in [1.165, 1.54) is 6.07 Å². The average molecular weight is 411 g/mol. The standard InChI is InChI=1S/C21H21N3O6/c1-2-3-12-22-19(25)17(14-16-9-10-18(30-16)24(28)29)20(26)23(21(22)27)13-11-15-7-5-4-6-8-15/h4-10,14H,2-3,11-13H2,1H3. The van der Waals surface area contributed by atoms with Crippen molar-refractivity contribution < 1.29 is 23.7 Å². The molecule has 1 aromatic carbocycles. The van der Waals surface area contributed by atoms with E-state index in [9.17, 15) is 24.5 Å². The minimum absolute atomic E-state index is 0.00815. The van der Waals surface area contributed by atoms with Crippen molar-refractivity contribution in [2.45, 2.75) is 26.2 Å². The first kappa shape index (κ1) is 21.0. The maximum atomic E-state index is 12.9. The highest BCUT2D eigenvalue weighted by atomic mass is 16.6. The van der Waals surface area contributed by atoms with Crippen molar-refractivity contribution in [1.29, 1.82) is 0 Å². The van der Waals surface area contributed by atoms with Crippen molar-refractivity contribution in [2.24, 2.45) is 0 Å². The van der Waals surface area contributed by atoms with Crippen LogP contribution in [0, 0.1) is 10.1 Å². The van der Waals surface area contributed by atoms with Gasteiger partial charge in [0, 0.05) is 13.1 Å². The first-order valence-electron chi connectivity index (χ1n) is 9.60. The molecule has 0 spiro atoms. The number of imide groups is 2. The van der Waals surface area contributed by atoms with Crippen molar-refractivity contribution in [3.63, 3.8) is 0 Å². The Bertz CT molecular complexity index is 995. The van der Waals surface area contributed by atoms with Crippen LogP contribution in [0.4, 0.5) is 10.7 Å². The lowest BCUT2D eigenvalue weighted by Crippen LogP contribution is -2.56. The number of amides is 4. The molecular weight excluding hydrogens is 390 g/mol. The molecule has 4 amide bonds. The van der Waals surface area contributed by atoms with Gasteiger partial charge >= 0.3 is 11.9 Å². The van der Waals surface area contributed by atoms with E-state index >= 15 is 0 Å². The molecule has 2 heterocycles. The minimum atomic E-state index is -0.743. The van der Waals surface area contributed by atoms with Gasteiger partial charge in [0.1, 0.15) is 16.3 Å². The van der Waals surface area contributed by atoms with Gasteiger partial charge in [-0.3, -0.25) is 29.5 Å². The molecule has 0 N–H and O–H groups in total. The van der Waals surface area contributed by atoms with Gasteiger partial charge in [0.2, 0.25) is 0 Å². The zero-order valence-corrected chi connectivity index (χ0v) is 16.4. The smallest absolute Gasteiger partial charge is 0.401 e. The van der Waals surface area contributed by atoms with E-state index in [1.807, 2.05) is 37.3 Å². The summed E-state index contributed by atoms with van der Waals surface area (Å²) in [6.07, 6.45) is 2.95. The number of benzene rings is 1. The Morgan fingerprint density at radius 2 is 1.67 bits per heavy atom. The molecule has 1 aliphatic heterocycles. The SMILES string of the molecule is CCCCN1C(=O)C(=Cc2ccc([N+](=O)[O-])o2)C(=O)N(CCc2ccccc2)C1=O. The molecule has 0 radical (unpaired) electrons. The molecule has 1 saturated heterocycles. The molecule has 0 aliphatic carbocycles. The second kappa shape index (κ2) is 9.17. The number of carbonyl (C=O) groups excluding carboxylic acids is 3. The number of carbonyl (C=O) groups is 3. The van der Waals surface area contributed by atoms with Crippen molar-refractivity contribution in [3.05, 3.63) is 69.5 Å². The molecule has 156 valence electrons. The summed E-state index contributed by atoms with van der Waals surface area (Å²) in [5, 5.41) is 10.8. The first-order valence-corrected chi connectivity index (χ1v) is 9.60. The van der Waals surface area contributed by atoms with Gasteiger partial charge in [-0.2, -0.15) is 0 Å². The molecule has 1 aromatic heterocycles. The predicted octanol–water partition coefficient (Wildman–Crippen LogP) is 3.40. The number of barbiturate groups is 1. The van der Waals surface area contributed by atoms with E-state index in [-0.39, 0.29) is 24.4 Å². The molecule has 9 heteroatoms. The second-order valence-electron chi connectivity index (χ2n) is 6.78. The lowest BCUT2D eigenvalue weighted by atomic mass is 10.1. The van der Waals surface area contributed by atoms with Crippen molar-refractivity contribution in [1.82, 2.24) is 9.80 Å². The lowest BCUT2D eigenvalue weighted by Gasteiger charge is -2.34. The molecule has 0 saturated carbocycles. The molecule has 1 fully saturated rings. The third-order valence-electron chi connectivity index (χ3n) is 4.69. The molecule has 1 aliphatic rings. The van der Waals surface area contributed by atoms with E-state index in [0.29, 0.717) is 12.8 Å². The van der Waals surface area contributed by atoms with Crippen molar-refractivity contribution in [2.75, 3.05) is 13.1 Å². The zero-order valence-electron chi connectivity index (χ0n) is 16.4. The van der Waals surface area contributed by atoms with Crippen LogP contribution >= 0.6 is 0 Å². The Morgan fingerprint density at radius 1 is 1.00 bits per heavy atom. The van der Waals surface area contributed by atoms with Gasteiger partial charge in [0.15, 0.2) is 0 Å². The molecule has 2 aromatic rings. The molecular formula is C21H21N3O6. The summed E-state index contributed by atoms with van der Waals surface area (Å²) >= 11 is 0. The van der Waals surface area contributed by atoms with E-state index in [4.69, 9.17) is 4.42 Å². The number of hydrogen-bond donors (Lipinski definition) is 0. The normalized spacial score (nSPS) is 15.9. The van der Waals surface area contributed by atoms with Crippen LogP contribution in [0.3, 0.4) is 0 Å². The number of rotatable bonds is 8. The fourth-order valence-corrected chi connectivity index (χ4v) is 3.08. The van der Waals surface area contributed by atoms with E-state index in [0.717, 1.165) is 33.9 Å². The monoisotopic (exact) mass is 411 g/mol. The van der Waals surface area contributed by atoms with Crippen LogP contribution in [0.15, 0.2) is 52.5 Å². The molecule has 30 heavy (non-hydrogen) atoms. The number of hydrogen-bond acceptors (Lipinski definition) is 6. The van der Waals surface area contributed by atoms with E-state index < -0.39 is 28.7 Å². The Hall–Kier alpha value is -3.75. The highest BCUT2D eigenvalue weighted by Gasteiger charge is 2.41. The van der Waals surface area contributed by atoms with Gasteiger partial charge in [0.25, 0.3) is 11.8 Å². The summed E-state index contributed by atoms with van der Waals surface area (Å²) in [7, 11) is 0. The number of urea groups is 1. The zero-order chi connectivity index (χ0) is 21.7. The number of nitrogens with zero attached hydrogens (tertiary/aromatic N) is 3. The van der Waals surface area contributed by atoms with Crippen LogP contribution in [-0.4, -0.2) is 45.7 Å². The quantitative estimate of drug-likeness (QED) is 0.285. The Balaban J connectivity index is 1.90. The predicted molar refractivity (Wildman–Crippen MR) is 107 cm³/mol. The van der Waals surface area contributed by atoms with Crippen molar-refractivity contribution >= 4 is 29.8 Å². The Labute approximate surface area is 172 Å². The summed E-state index contributed by atoms with van der Waals surface area (Å²) in [6.45, 7) is 2.21. The van der Waals surface area contributed by atoms with Crippen LogP contribution in [0.1, 0.15) is 31.1 Å². The van der Waals surface area contributed by atoms with Gasteiger partial charge in [-0.15, -0.1) is 0 Å². The van der Waals surface area contributed by atoms with Crippen LogP contribution < -0.4 is 0 Å². The molecule has 0 bridgehead atoms. The minimum Gasteiger partial charge on any atom is -0.401 e. The van der Waals surface area contributed by atoms with Crippen LogP contribution in [0.5, 0.6) is 0 Å². The maximum Gasteiger partial charge on any atom is 0.433 e. The molecule has 0 atom stereocenters. The summed E-state index contributed by atoms with van der Waals surface area (Å²) in [5.41, 5.74) is 0.685. The van der Waals surface area contributed by atoms with Gasteiger partial charge < -0.3 is 4.42 Å². The fraction of sp³-hybridized carbons (Fsp3) is 0.286. The van der Waals surface area contributed by atoms with Gasteiger partial charge in [-0.05, 0) is 30.5 Å². The maximum absolute atomic E-state index is 12.9. The van der Waals surface area contributed by atoms with Crippen LogP contribution in [0.25, 0.3) is 6.08 Å². The van der Waals surface area contributed by atoms with Gasteiger partial charge in [0.05, 0.1) is 6.07 Å². The summed E-state index contributed by atoms with van der Waals surface area (Å²) in [5.74, 6) is -1.98. The lowest BCUT2D eigenvalue weighted by molar-refractivity contribution is -0.402. The average Bonchev–Trinajstić information content (AvgIpc) is 3.21. The second-order valence-corrected chi connectivity index (χ2v) is 6.78. The number of nitro groups is 1. The van der Waals surface area contributed by atoms with Crippen LogP contribution in [-0.2, 0) is 16.0 Å². The number of unbranched alkanes of at least 4 members (excludes halogenated alkanes) is 1. The summed E-state index contributed by atoms with van der Waals surface area (Å²) in [6, 6.07) is 11.1. The van der Waals surface area contributed by atoms with Gasteiger partial charge in [-0.25, -0.2) is 4.79 Å². The van der Waals surface area contributed by atoms with Gasteiger partial charge in [-0.1, -0.05) is 43.7 Å². The van der Waals surface area contributed by atoms with E-state index in [2.05, 4.69) is 0 Å². The topological polar surface area (TPSA) is 114 Å². The molecule has 0 unspecified atom stereocenters. The fourth-order valence-electron chi connectivity index (χ4n) is 3.08. The van der Waals surface area contributed by atoms with E-state index in [1.54, 1.807) is 0 Å². The Morgan fingerprint density at radius 3 is 2.27 bits per heavy atom. The molecule has 3 rings (SSSR count). The van der Waals surface area contributed by atoms with Crippen molar-refractivity contribution in [3.8, 4) is 0 Å². The third kappa shape index (κ3) is 4.45. The summed E-state index contributed by atoms with van der Waals surface area (Å²) < 4.78 is 5.05. The summed E-state index contributed by atoms with van der Waals surface area (Å²) in [4.78, 5) is 50.8. The Kier molecular flexibility index (Phi) is 6.41.